The van der Waals surface area contributed by atoms with Gasteiger partial charge in [0.1, 0.15) is 0 Å². The summed E-state index contributed by atoms with van der Waals surface area (Å²) in [6, 6.07) is 5.07. The van der Waals surface area contributed by atoms with Gasteiger partial charge in [0, 0.05) is 10.5 Å². The fraction of sp³-hybridized carbons (Fsp3) is 0.167. The van der Waals surface area contributed by atoms with Crippen molar-refractivity contribution < 1.29 is 13.2 Å². The monoisotopic (exact) mass is 266 g/mol. The van der Waals surface area contributed by atoms with Crippen LogP contribution >= 0.6 is 11.3 Å². The number of rotatable bonds is 1. The van der Waals surface area contributed by atoms with Gasteiger partial charge in [0.05, 0.1) is 18.2 Å². The van der Waals surface area contributed by atoms with Crippen LogP contribution < -0.4 is 0 Å². The van der Waals surface area contributed by atoms with Gasteiger partial charge in [0.25, 0.3) is 0 Å². The standard InChI is InChI=1S/C12H5F3N2S/c1-17-11-8(6-16)7(10-3-2-4-18-10)5-9(11)12(13,14)15/h2-4H,5H2. The van der Waals surface area contributed by atoms with Crippen molar-refractivity contribution in [2.24, 2.45) is 0 Å². The summed E-state index contributed by atoms with van der Waals surface area (Å²) in [6.45, 7) is 6.84. The van der Waals surface area contributed by atoms with Crippen LogP contribution in [0.2, 0.25) is 0 Å². The van der Waals surface area contributed by atoms with Crippen LogP contribution in [0.3, 0.4) is 0 Å². The van der Waals surface area contributed by atoms with Crippen LogP contribution in [-0.4, -0.2) is 6.18 Å². The highest BCUT2D eigenvalue weighted by Gasteiger charge is 2.42. The molecule has 0 N–H and O–H groups in total. The minimum atomic E-state index is -4.57. The second-order valence-corrected chi connectivity index (χ2v) is 4.50. The summed E-state index contributed by atoms with van der Waals surface area (Å²) < 4.78 is 38.4. The quantitative estimate of drug-likeness (QED) is 0.701. The average Bonchev–Trinajstić information content (AvgIpc) is 2.93. The van der Waals surface area contributed by atoms with E-state index in [1.165, 1.54) is 11.3 Å². The molecule has 90 valence electrons. The van der Waals surface area contributed by atoms with Gasteiger partial charge >= 0.3 is 6.18 Å². The smallest absolute Gasteiger partial charge is 0.236 e. The molecule has 18 heavy (non-hydrogen) atoms. The third kappa shape index (κ3) is 1.92. The van der Waals surface area contributed by atoms with Crippen LogP contribution in [0.5, 0.6) is 0 Å². The lowest BCUT2D eigenvalue weighted by Gasteiger charge is -2.08. The maximum Gasteiger partial charge on any atom is 0.404 e. The van der Waals surface area contributed by atoms with E-state index in [0.717, 1.165) is 0 Å². The summed E-state index contributed by atoms with van der Waals surface area (Å²) in [4.78, 5) is 3.49. The van der Waals surface area contributed by atoms with Gasteiger partial charge in [-0.25, -0.2) is 4.85 Å². The number of thiophene rings is 1. The largest absolute Gasteiger partial charge is 0.404 e. The molecule has 0 atom stereocenters. The van der Waals surface area contributed by atoms with Gasteiger partial charge in [-0.05, 0) is 23.4 Å². The van der Waals surface area contributed by atoms with Gasteiger partial charge in [0.15, 0.2) is 0 Å². The third-order valence-electron chi connectivity index (χ3n) is 2.56. The molecular formula is C12H5F3N2S. The summed E-state index contributed by atoms with van der Waals surface area (Å²) in [5.74, 6) is 0. The highest BCUT2D eigenvalue weighted by atomic mass is 32.1. The number of hydrogen-bond acceptors (Lipinski definition) is 2. The Hall–Kier alpha value is -2.05. The lowest BCUT2D eigenvalue weighted by Crippen LogP contribution is -2.11. The lowest BCUT2D eigenvalue weighted by atomic mass is 10.1. The molecule has 0 aromatic carbocycles. The highest BCUT2D eigenvalue weighted by Crippen LogP contribution is 2.46. The zero-order valence-corrected chi connectivity index (χ0v) is 9.69. The number of nitriles is 1. The van der Waals surface area contributed by atoms with Gasteiger partial charge in [-0.1, -0.05) is 6.07 Å². The lowest BCUT2D eigenvalue weighted by molar-refractivity contribution is -0.0928. The van der Waals surface area contributed by atoms with Gasteiger partial charge in [-0.3, -0.25) is 0 Å². The molecule has 1 aliphatic rings. The highest BCUT2D eigenvalue weighted by molar-refractivity contribution is 7.11. The van der Waals surface area contributed by atoms with Crippen LogP contribution in [0.15, 0.2) is 34.4 Å². The summed E-state index contributed by atoms with van der Waals surface area (Å²) >= 11 is 1.26. The van der Waals surface area contributed by atoms with E-state index in [1.807, 2.05) is 0 Å². The van der Waals surface area contributed by atoms with E-state index in [-0.39, 0.29) is 5.57 Å². The Morgan fingerprint density at radius 2 is 2.17 bits per heavy atom. The Bertz CT molecular complexity index is 622. The molecule has 2 rings (SSSR count). The molecule has 1 heterocycles. The Morgan fingerprint density at radius 1 is 1.44 bits per heavy atom. The fourth-order valence-electron chi connectivity index (χ4n) is 1.78. The van der Waals surface area contributed by atoms with Crippen molar-refractivity contribution >= 4 is 16.9 Å². The van der Waals surface area contributed by atoms with Crippen molar-refractivity contribution in [1.29, 1.82) is 5.26 Å². The van der Waals surface area contributed by atoms with Crippen LogP contribution in [0.4, 0.5) is 13.2 Å². The van der Waals surface area contributed by atoms with Gasteiger partial charge in [-0.2, -0.15) is 18.4 Å². The summed E-state index contributed by atoms with van der Waals surface area (Å²) in [5.41, 5.74) is -1.34. The zero-order chi connectivity index (χ0) is 13.3. The van der Waals surface area contributed by atoms with Gasteiger partial charge in [-0.15, -0.1) is 11.3 Å². The average molecular weight is 266 g/mol. The molecule has 1 aliphatic carbocycles. The number of hydrogen-bond donors (Lipinski definition) is 0. The van der Waals surface area contributed by atoms with Crippen molar-refractivity contribution in [2.75, 3.05) is 0 Å². The van der Waals surface area contributed by atoms with Crippen molar-refractivity contribution in [3.63, 3.8) is 0 Å². The number of alkyl halides is 3. The minimum Gasteiger partial charge on any atom is -0.236 e. The molecule has 0 spiro atoms. The maximum atomic E-state index is 12.8. The molecule has 2 nitrogen and oxygen atoms in total. The number of halogens is 3. The summed E-state index contributed by atoms with van der Waals surface area (Å²) in [6.07, 6.45) is -4.97. The van der Waals surface area contributed by atoms with Crippen LogP contribution in [0, 0.1) is 17.9 Å². The molecule has 0 radical (unpaired) electrons. The third-order valence-corrected chi connectivity index (χ3v) is 3.49. The van der Waals surface area contributed by atoms with E-state index in [9.17, 15) is 13.2 Å². The van der Waals surface area contributed by atoms with E-state index >= 15 is 0 Å². The van der Waals surface area contributed by atoms with Crippen molar-refractivity contribution in [1.82, 2.24) is 0 Å². The molecule has 0 unspecified atom stereocenters. The van der Waals surface area contributed by atoms with E-state index in [1.54, 1.807) is 23.6 Å². The normalized spacial score (nSPS) is 15.8. The minimum absolute atomic E-state index is 0.153. The van der Waals surface area contributed by atoms with E-state index in [4.69, 9.17) is 11.8 Å². The van der Waals surface area contributed by atoms with E-state index in [0.29, 0.717) is 10.5 Å². The van der Waals surface area contributed by atoms with Crippen molar-refractivity contribution in [3.05, 3.63) is 50.7 Å². The van der Waals surface area contributed by atoms with Crippen molar-refractivity contribution in [2.45, 2.75) is 12.6 Å². The van der Waals surface area contributed by atoms with Gasteiger partial charge < -0.3 is 0 Å². The van der Waals surface area contributed by atoms with Crippen molar-refractivity contribution in [3.8, 4) is 6.07 Å². The second kappa shape index (κ2) is 4.32. The maximum absolute atomic E-state index is 12.8. The van der Waals surface area contributed by atoms with Crippen LogP contribution in [-0.2, 0) is 0 Å². The molecule has 6 heteroatoms. The Balaban J connectivity index is 2.57. The summed E-state index contributed by atoms with van der Waals surface area (Å²) in [7, 11) is 0. The van der Waals surface area contributed by atoms with Gasteiger partial charge in [0.2, 0.25) is 5.70 Å². The number of allylic oxidation sites excluding steroid dienone is 3. The molecular weight excluding hydrogens is 261 g/mol. The summed E-state index contributed by atoms with van der Waals surface area (Å²) in [5, 5.41) is 10.7. The molecule has 0 bridgehead atoms. The first-order valence-corrected chi connectivity index (χ1v) is 5.72. The molecule has 0 amide bonds. The predicted octanol–water partition coefficient (Wildman–Crippen LogP) is 4.16. The predicted molar refractivity (Wildman–Crippen MR) is 61.2 cm³/mol. The van der Waals surface area contributed by atoms with E-state index < -0.39 is 23.9 Å². The first-order chi connectivity index (χ1) is 8.49. The number of nitrogens with zero attached hydrogens (tertiary/aromatic N) is 2. The molecule has 1 aromatic heterocycles. The zero-order valence-electron chi connectivity index (χ0n) is 8.88. The Kier molecular flexibility index (Phi) is 2.98. The van der Waals surface area contributed by atoms with Crippen LogP contribution in [0.1, 0.15) is 11.3 Å². The molecule has 0 aliphatic heterocycles. The molecule has 1 aromatic rings. The molecule has 0 fully saturated rings. The first kappa shape index (κ1) is 12.4. The Morgan fingerprint density at radius 3 is 2.61 bits per heavy atom. The molecule has 0 saturated heterocycles. The first-order valence-electron chi connectivity index (χ1n) is 4.84. The second-order valence-electron chi connectivity index (χ2n) is 3.56. The van der Waals surface area contributed by atoms with Crippen LogP contribution in [0.25, 0.3) is 10.4 Å². The SMILES string of the molecule is [C-]#[N+]C1=C(C(F)(F)F)CC(c2cccs2)=C1C#N. The Labute approximate surface area is 105 Å². The fourth-order valence-corrected chi connectivity index (χ4v) is 2.56. The van der Waals surface area contributed by atoms with E-state index in [2.05, 4.69) is 4.85 Å². The topological polar surface area (TPSA) is 28.1 Å². The molecule has 0 saturated carbocycles.